The van der Waals surface area contributed by atoms with E-state index in [2.05, 4.69) is 4.90 Å². The molecule has 2 rings (SSSR count). The number of nitrogens with zero attached hydrogens (tertiary/aromatic N) is 1. The van der Waals surface area contributed by atoms with Gasteiger partial charge in [-0.15, -0.1) is 0 Å². The fourth-order valence-electron chi connectivity index (χ4n) is 2.12. The Hall–Kier alpha value is -1.22. The molecular formula is C12H17NO2. The monoisotopic (exact) mass is 207 g/mol. The predicted octanol–water partition coefficient (Wildman–Crippen LogP) is 2.00. The van der Waals surface area contributed by atoms with Gasteiger partial charge in [0.25, 0.3) is 0 Å². The lowest BCUT2D eigenvalue weighted by molar-refractivity contribution is 0.329. The first-order valence-corrected chi connectivity index (χ1v) is 5.40. The highest BCUT2D eigenvalue weighted by Crippen LogP contribution is 2.30. The molecule has 1 aromatic rings. The molecule has 3 heteroatoms. The van der Waals surface area contributed by atoms with Gasteiger partial charge in [-0.05, 0) is 50.0 Å². The van der Waals surface area contributed by atoms with E-state index in [1.807, 2.05) is 13.0 Å². The van der Waals surface area contributed by atoms with Crippen LogP contribution >= 0.6 is 0 Å². The summed E-state index contributed by atoms with van der Waals surface area (Å²) in [5.41, 5.74) is 1.81. The fraction of sp³-hybridized carbons (Fsp3) is 0.500. The summed E-state index contributed by atoms with van der Waals surface area (Å²) in [5.74, 6) is -0.00984. The number of hydrogen-bond donors (Lipinski definition) is 2. The highest BCUT2D eigenvalue weighted by Gasteiger charge is 2.13. The summed E-state index contributed by atoms with van der Waals surface area (Å²) in [4.78, 5) is 2.37. The van der Waals surface area contributed by atoms with Crippen LogP contribution in [0.2, 0.25) is 0 Å². The Morgan fingerprint density at radius 1 is 1.20 bits per heavy atom. The van der Waals surface area contributed by atoms with Crippen molar-refractivity contribution >= 4 is 0 Å². The molecule has 0 amide bonds. The number of likely N-dealkylation sites (tertiary alicyclic amines) is 1. The van der Waals surface area contributed by atoms with Crippen molar-refractivity contribution in [2.75, 3.05) is 13.1 Å². The van der Waals surface area contributed by atoms with Crippen molar-refractivity contribution in [3.05, 3.63) is 23.3 Å². The SMILES string of the molecule is Cc1cc(CN2CCCC2)cc(O)c1O. The van der Waals surface area contributed by atoms with Gasteiger partial charge in [0, 0.05) is 6.54 Å². The number of phenols is 2. The largest absolute Gasteiger partial charge is 0.504 e. The van der Waals surface area contributed by atoms with Crippen LogP contribution in [0.5, 0.6) is 11.5 Å². The average molecular weight is 207 g/mol. The Morgan fingerprint density at radius 3 is 2.47 bits per heavy atom. The van der Waals surface area contributed by atoms with Crippen molar-refractivity contribution in [2.45, 2.75) is 26.3 Å². The molecule has 0 bridgehead atoms. The molecule has 0 saturated carbocycles. The topological polar surface area (TPSA) is 43.7 Å². The van der Waals surface area contributed by atoms with Crippen molar-refractivity contribution < 1.29 is 10.2 Å². The molecule has 1 aliphatic heterocycles. The zero-order valence-corrected chi connectivity index (χ0v) is 9.03. The minimum atomic E-state index is -0.0100. The predicted molar refractivity (Wildman–Crippen MR) is 59.0 cm³/mol. The molecule has 1 fully saturated rings. The van der Waals surface area contributed by atoms with Crippen LogP contribution in [-0.2, 0) is 6.54 Å². The van der Waals surface area contributed by atoms with Gasteiger partial charge in [0.15, 0.2) is 11.5 Å². The summed E-state index contributed by atoms with van der Waals surface area (Å²) < 4.78 is 0. The highest BCUT2D eigenvalue weighted by molar-refractivity contribution is 5.46. The third-order valence-electron chi connectivity index (χ3n) is 2.95. The van der Waals surface area contributed by atoms with E-state index < -0.39 is 0 Å². The zero-order valence-electron chi connectivity index (χ0n) is 9.03. The van der Waals surface area contributed by atoms with Gasteiger partial charge in [-0.3, -0.25) is 4.90 Å². The molecule has 1 aliphatic rings. The standard InChI is InChI=1S/C12H17NO2/c1-9-6-10(7-11(14)12(9)15)8-13-4-2-3-5-13/h6-7,14-15H,2-5,8H2,1H3. The Balaban J connectivity index is 2.14. The van der Waals surface area contributed by atoms with Crippen molar-refractivity contribution in [1.29, 1.82) is 0 Å². The molecule has 15 heavy (non-hydrogen) atoms. The van der Waals surface area contributed by atoms with E-state index >= 15 is 0 Å². The molecule has 82 valence electrons. The summed E-state index contributed by atoms with van der Waals surface area (Å²) in [7, 11) is 0. The zero-order chi connectivity index (χ0) is 10.8. The van der Waals surface area contributed by atoms with Gasteiger partial charge < -0.3 is 10.2 Å². The van der Waals surface area contributed by atoms with Gasteiger partial charge >= 0.3 is 0 Å². The summed E-state index contributed by atoms with van der Waals surface area (Å²) in [6.45, 7) is 4.96. The van der Waals surface area contributed by atoms with E-state index in [0.717, 1.165) is 30.8 Å². The van der Waals surface area contributed by atoms with Crippen molar-refractivity contribution in [2.24, 2.45) is 0 Å². The summed E-state index contributed by atoms with van der Waals surface area (Å²) in [6, 6.07) is 3.59. The molecule has 1 saturated heterocycles. The maximum Gasteiger partial charge on any atom is 0.160 e. The van der Waals surface area contributed by atoms with Crippen LogP contribution in [0, 0.1) is 6.92 Å². The lowest BCUT2D eigenvalue weighted by Gasteiger charge is -2.15. The fourth-order valence-corrected chi connectivity index (χ4v) is 2.12. The number of aromatic hydroxyl groups is 2. The summed E-state index contributed by atoms with van der Waals surface area (Å²) >= 11 is 0. The molecule has 0 aliphatic carbocycles. The minimum Gasteiger partial charge on any atom is -0.504 e. The van der Waals surface area contributed by atoms with Crippen molar-refractivity contribution in [3.8, 4) is 11.5 Å². The van der Waals surface area contributed by atoms with Crippen LogP contribution in [0.25, 0.3) is 0 Å². The van der Waals surface area contributed by atoms with E-state index in [1.54, 1.807) is 6.07 Å². The highest BCUT2D eigenvalue weighted by atomic mass is 16.3. The molecule has 1 heterocycles. The maximum atomic E-state index is 9.49. The Morgan fingerprint density at radius 2 is 1.87 bits per heavy atom. The average Bonchev–Trinajstić information content (AvgIpc) is 2.66. The Kier molecular flexibility index (Phi) is 2.82. The molecule has 0 unspecified atom stereocenters. The summed E-state index contributed by atoms with van der Waals surface area (Å²) in [5, 5.41) is 18.9. The van der Waals surface area contributed by atoms with Crippen LogP contribution in [0.15, 0.2) is 12.1 Å². The number of benzene rings is 1. The van der Waals surface area contributed by atoms with E-state index in [-0.39, 0.29) is 11.5 Å². The molecule has 0 spiro atoms. The second kappa shape index (κ2) is 4.11. The minimum absolute atomic E-state index is 0.000159. The number of aryl methyl sites for hydroxylation is 1. The van der Waals surface area contributed by atoms with Crippen LogP contribution in [0.4, 0.5) is 0 Å². The first-order valence-electron chi connectivity index (χ1n) is 5.40. The van der Waals surface area contributed by atoms with Gasteiger partial charge in [0.05, 0.1) is 0 Å². The smallest absolute Gasteiger partial charge is 0.160 e. The Labute approximate surface area is 90.0 Å². The first kappa shape index (κ1) is 10.3. The molecular weight excluding hydrogens is 190 g/mol. The molecule has 1 aromatic carbocycles. The Bertz CT molecular complexity index is 334. The van der Waals surface area contributed by atoms with Gasteiger partial charge in [-0.25, -0.2) is 0 Å². The van der Waals surface area contributed by atoms with Crippen molar-refractivity contribution in [1.82, 2.24) is 4.90 Å². The number of phenolic OH excluding ortho intramolecular Hbond substituents is 2. The molecule has 3 nitrogen and oxygen atoms in total. The number of hydrogen-bond acceptors (Lipinski definition) is 3. The van der Waals surface area contributed by atoms with Gasteiger partial charge in [-0.1, -0.05) is 6.07 Å². The van der Waals surface area contributed by atoms with E-state index in [4.69, 9.17) is 0 Å². The molecule has 0 aromatic heterocycles. The first-order chi connectivity index (χ1) is 7.16. The van der Waals surface area contributed by atoms with Crippen molar-refractivity contribution in [3.63, 3.8) is 0 Å². The van der Waals surface area contributed by atoms with E-state index in [1.165, 1.54) is 12.8 Å². The summed E-state index contributed by atoms with van der Waals surface area (Å²) in [6.07, 6.45) is 2.53. The van der Waals surface area contributed by atoms with Gasteiger partial charge in [0.1, 0.15) is 0 Å². The third kappa shape index (κ3) is 2.23. The lowest BCUT2D eigenvalue weighted by Crippen LogP contribution is -2.18. The van der Waals surface area contributed by atoms with Crippen LogP contribution in [0.1, 0.15) is 24.0 Å². The van der Waals surface area contributed by atoms with Crippen LogP contribution in [-0.4, -0.2) is 28.2 Å². The molecule has 0 atom stereocenters. The lowest BCUT2D eigenvalue weighted by atomic mass is 10.1. The second-order valence-electron chi connectivity index (χ2n) is 4.26. The normalized spacial score (nSPS) is 17.1. The van der Waals surface area contributed by atoms with E-state index in [0.29, 0.717) is 0 Å². The third-order valence-corrected chi connectivity index (χ3v) is 2.95. The molecule has 2 N–H and O–H groups in total. The quantitative estimate of drug-likeness (QED) is 0.729. The maximum absolute atomic E-state index is 9.49. The van der Waals surface area contributed by atoms with Crippen LogP contribution in [0.3, 0.4) is 0 Å². The van der Waals surface area contributed by atoms with Gasteiger partial charge in [0.2, 0.25) is 0 Å². The second-order valence-corrected chi connectivity index (χ2v) is 4.26. The van der Waals surface area contributed by atoms with E-state index in [9.17, 15) is 10.2 Å². The van der Waals surface area contributed by atoms with Crippen LogP contribution < -0.4 is 0 Å². The van der Waals surface area contributed by atoms with Gasteiger partial charge in [-0.2, -0.15) is 0 Å². The number of rotatable bonds is 2. The molecule has 0 radical (unpaired) electrons.